The molecule has 2 N–H and O–H groups in total. The molecular formula is C15H24N2O5S. The Morgan fingerprint density at radius 1 is 1.13 bits per heavy atom. The van der Waals surface area contributed by atoms with Crippen molar-refractivity contribution in [3.05, 3.63) is 24.3 Å². The molecule has 0 spiro atoms. The molecule has 0 aromatic heterocycles. The molecule has 0 bridgehead atoms. The van der Waals surface area contributed by atoms with E-state index in [4.69, 9.17) is 9.47 Å². The Morgan fingerprint density at radius 2 is 1.74 bits per heavy atom. The monoisotopic (exact) mass is 344 g/mol. The van der Waals surface area contributed by atoms with E-state index in [-0.39, 0.29) is 18.0 Å². The summed E-state index contributed by atoms with van der Waals surface area (Å²) in [4.78, 5) is 11.6. The number of carbonyl (C=O) groups excluding carboxylic acids is 1. The van der Waals surface area contributed by atoms with E-state index in [1.807, 2.05) is 6.92 Å². The number of ether oxygens (including phenoxy) is 2. The third kappa shape index (κ3) is 7.34. The molecule has 23 heavy (non-hydrogen) atoms. The zero-order valence-corrected chi connectivity index (χ0v) is 14.7. The summed E-state index contributed by atoms with van der Waals surface area (Å²) >= 11 is 0. The van der Waals surface area contributed by atoms with Crippen LogP contribution in [0.5, 0.6) is 5.75 Å². The normalized spacial score (nSPS) is 11.8. The summed E-state index contributed by atoms with van der Waals surface area (Å²) in [6.07, 6.45) is -0.585. The van der Waals surface area contributed by atoms with Crippen LogP contribution in [-0.4, -0.2) is 39.8 Å². The van der Waals surface area contributed by atoms with Gasteiger partial charge in [0.05, 0.1) is 11.5 Å². The summed E-state index contributed by atoms with van der Waals surface area (Å²) in [5.74, 6) is 0.609. The van der Waals surface area contributed by atoms with Crippen molar-refractivity contribution in [2.75, 3.05) is 19.7 Å². The summed E-state index contributed by atoms with van der Waals surface area (Å²) in [5.41, 5.74) is -0.591. The molecule has 0 aliphatic carbocycles. The summed E-state index contributed by atoms with van der Waals surface area (Å²) in [7, 11) is -3.62. The number of amides is 1. The molecule has 0 saturated heterocycles. The van der Waals surface area contributed by atoms with Gasteiger partial charge in [-0.05, 0) is 52.0 Å². The molecule has 1 aromatic rings. The van der Waals surface area contributed by atoms with Gasteiger partial charge in [-0.25, -0.2) is 17.9 Å². The number of carbonyl (C=O) groups is 1. The van der Waals surface area contributed by atoms with E-state index in [1.54, 1.807) is 32.9 Å². The highest BCUT2D eigenvalue weighted by Crippen LogP contribution is 2.15. The number of rotatable bonds is 7. The second kappa shape index (κ2) is 8.16. The van der Waals surface area contributed by atoms with Crippen LogP contribution in [0.3, 0.4) is 0 Å². The van der Waals surface area contributed by atoms with Gasteiger partial charge in [-0.3, -0.25) is 0 Å². The molecule has 0 heterocycles. The molecule has 1 amide bonds. The molecule has 0 unspecified atom stereocenters. The average Bonchev–Trinajstić information content (AvgIpc) is 2.43. The minimum Gasteiger partial charge on any atom is -0.494 e. The van der Waals surface area contributed by atoms with Crippen molar-refractivity contribution in [2.45, 2.75) is 38.2 Å². The second-order valence-electron chi connectivity index (χ2n) is 5.73. The number of hydrogen-bond donors (Lipinski definition) is 2. The van der Waals surface area contributed by atoms with Crippen LogP contribution in [0, 0.1) is 0 Å². The van der Waals surface area contributed by atoms with E-state index in [0.717, 1.165) is 0 Å². The van der Waals surface area contributed by atoms with Crippen molar-refractivity contribution >= 4 is 16.1 Å². The number of nitrogens with one attached hydrogen (secondary N) is 2. The summed E-state index contributed by atoms with van der Waals surface area (Å²) < 4.78 is 36.9. The first kappa shape index (κ1) is 19.2. The summed E-state index contributed by atoms with van der Waals surface area (Å²) in [6.45, 7) is 7.81. The molecule has 7 nitrogen and oxygen atoms in total. The van der Waals surface area contributed by atoms with Gasteiger partial charge >= 0.3 is 6.09 Å². The topological polar surface area (TPSA) is 93.7 Å². The second-order valence-corrected chi connectivity index (χ2v) is 7.50. The van der Waals surface area contributed by atoms with Gasteiger partial charge in [0, 0.05) is 13.1 Å². The molecule has 8 heteroatoms. The van der Waals surface area contributed by atoms with Gasteiger partial charge in [-0.15, -0.1) is 0 Å². The van der Waals surface area contributed by atoms with Crippen LogP contribution in [-0.2, 0) is 14.8 Å². The molecule has 0 aliphatic rings. The fraction of sp³-hybridized carbons (Fsp3) is 0.533. The van der Waals surface area contributed by atoms with E-state index in [9.17, 15) is 13.2 Å². The Bertz CT molecular complexity index is 606. The maximum atomic E-state index is 12.1. The van der Waals surface area contributed by atoms with Gasteiger partial charge in [0.2, 0.25) is 10.0 Å². The molecule has 1 aromatic carbocycles. The van der Waals surface area contributed by atoms with Crippen LogP contribution in [0.15, 0.2) is 29.2 Å². The molecule has 0 saturated carbocycles. The smallest absolute Gasteiger partial charge is 0.407 e. The lowest BCUT2D eigenvalue weighted by atomic mass is 10.2. The van der Waals surface area contributed by atoms with Crippen LogP contribution in [0.4, 0.5) is 4.79 Å². The first-order chi connectivity index (χ1) is 10.6. The Morgan fingerprint density at radius 3 is 2.26 bits per heavy atom. The van der Waals surface area contributed by atoms with Crippen molar-refractivity contribution in [1.29, 1.82) is 0 Å². The van der Waals surface area contributed by atoms with Crippen LogP contribution in [0.25, 0.3) is 0 Å². The van der Waals surface area contributed by atoms with Gasteiger partial charge in [-0.1, -0.05) is 0 Å². The minimum absolute atomic E-state index is 0.0643. The van der Waals surface area contributed by atoms with E-state index in [1.165, 1.54) is 12.1 Å². The van der Waals surface area contributed by atoms with Gasteiger partial charge in [0.1, 0.15) is 11.4 Å². The van der Waals surface area contributed by atoms with E-state index < -0.39 is 21.7 Å². The number of alkyl carbamates (subject to hydrolysis) is 1. The molecular weight excluding hydrogens is 320 g/mol. The van der Waals surface area contributed by atoms with Gasteiger partial charge in [-0.2, -0.15) is 0 Å². The summed E-state index contributed by atoms with van der Waals surface area (Å²) in [5, 5.41) is 2.48. The molecule has 130 valence electrons. The van der Waals surface area contributed by atoms with Gasteiger partial charge in [0.15, 0.2) is 0 Å². The van der Waals surface area contributed by atoms with Crippen molar-refractivity contribution < 1.29 is 22.7 Å². The standard InChI is InChI=1S/C15H24N2O5S/c1-5-21-12-6-8-13(9-7-12)23(19,20)17-11-10-16-14(18)22-15(2,3)4/h6-9,17H,5,10-11H2,1-4H3,(H,16,18). The lowest BCUT2D eigenvalue weighted by molar-refractivity contribution is 0.0529. The number of sulfonamides is 1. The van der Waals surface area contributed by atoms with E-state index >= 15 is 0 Å². The van der Waals surface area contributed by atoms with Gasteiger partial charge in [0.25, 0.3) is 0 Å². The maximum absolute atomic E-state index is 12.1. The predicted molar refractivity (Wildman–Crippen MR) is 87.0 cm³/mol. The van der Waals surface area contributed by atoms with Crippen molar-refractivity contribution in [3.8, 4) is 5.75 Å². The lowest BCUT2D eigenvalue weighted by Crippen LogP contribution is -2.37. The SMILES string of the molecule is CCOc1ccc(S(=O)(=O)NCCNC(=O)OC(C)(C)C)cc1. The average molecular weight is 344 g/mol. The molecule has 0 atom stereocenters. The lowest BCUT2D eigenvalue weighted by Gasteiger charge is -2.19. The van der Waals surface area contributed by atoms with Crippen molar-refractivity contribution in [1.82, 2.24) is 10.0 Å². The highest BCUT2D eigenvalue weighted by molar-refractivity contribution is 7.89. The molecule has 0 fully saturated rings. The third-order valence-corrected chi connectivity index (χ3v) is 4.01. The van der Waals surface area contributed by atoms with Crippen LogP contribution >= 0.6 is 0 Å². The van der Waals surface area contributed by atoms with Crippen LogP contribution in [0.1, 0.15) is 27.7 Å². The van der Waals surface area contributed by atoms with Gasteiger partial charge < -0.3 is 14.8 Å². The van der Waals surface area contributed by atoms with Crippen LogP contribution in [0.2, 0.25) is 0 Å². The zero-order chi connectivity index (χ0) is 17.5. The van der Waals surface area contributed by atoms with Crippen molar-refractivity contribution in [2.24, 2.45) is 0 Å². The first-order valence-corrected chi connectivity index (χ1v) is 8.82. The summed E-state index contributed by atoms with van der Waals surface area (Å²) in [6, 6.07) is 6.12. The Labute approximate surface area is 137 Å². The molecule has 0 aliphatic heterocycles. The maximum Gasteiger partial charge on any atom is 0.407 e. The quantitative estimate of drug-likeness (QED) is 0.737. The predicted octanol–water partition coefficient (Wildman–Crippen LogP) is 1.89. The Hall–Kier alpha value is -1.80. The molecule has 1 rings (SSSR count). The van der Waals surface area contributed by atoms with E-state index in [0.29, 0.717) is 12.4 Å². The zero-order valence-electron chi connectivity index (χ0n) is 13.9. The largest absolute Gasteiger partial charge is 0.494 e. The van der Waals surface area contributed by atoms with E-state index in [2.05, 4.69) is 10.0 Å². The molecule has 0 radical (unpaired) electrons. The van der Waals surface area contributed by atoms with Crippen molar-refractivity contribution in [3.63, 3.8) is 0 Å². The number of benzene rings is 1. The first-order valence-electron chi connectivity index (χ1n) is 7.33. The fourth-order valence-corrected chi connectivity index (χ4v) is 2.66. The number of hydrogen-bond acceptors (Lipinski definition) is 5. The highest BCUT2D eigenvalue weighted by Gasteiger charge is 2.16. The highest BCUT2D eigenvalue weighted by atomic mass is 32.2. The van der Waals surface area contributed by atoms with Crippen LogP contribution < -0.4 is 14.8 Å². The minimum atomic E-state index is -3.62. The third-order valence-electron chi connectivity index (χ3n) is 2.53. The fourth-order valence-electron chi connectivity index (χ4n) is 1.63. The Kier molecular flexibility index (Phi) is 6.83. The Balaban J connectivity index is 2.45.